The van der Waals surface area contributed by atoms with Crippen LogP contribution >= 0.6 is 0 Å². The molecule has 0 aromatic heterocycles. The fourth-order valence-corrected chi connectivity index (χ4v) is 3.17. The maximum absolute atomic E-state index is 12.5. The van der Waals surface area contributed by atoms with Gasteiger partial charge in [-0.25, -0.2) is 0 Å². The Morgan fingerprint density at radius 1 is 1.37 bits per heavy atom. The number of piperidine rings is 1. The van der Waals surface area contributed by atoms with E-state index < -0.39 is 0 Å². The zero-order chi connectivity index (χ0) is 13.2. The summed E-state index contributed by atoms with van der Waals surface area (Å²) < 4.78 is 0. The zero-order valence-corrected chi connectivity index (χ0v) is 11.6. The summed E-state index contributed by atoms with van der Waals surface area (Å²) in [6.07, 6.45) is 3.46. The van der Waals surface area contributed by atoms with E-state index in [1.54, 1.807) is 0 Å². The molecule has 0 bridgehead atoms. The van der Waals surface area contributed by atoms with Crippen LogP contribution in [0.1, 0.15) is 41.3 Å². The van der Waals surface area contributed by atoms with Gasteiger partial charge in [0.15, 0.2) is 0 Å². The summed E-state index contributed by atoms with van der Waals surface area (Å²) in [6.45, 7) is 6.00. The van der Waals surface area contributed by atoms with Gasteiger partial charge in [-0.3, -0.25) is 4.79 Å². The highest BCUT2D eigenvalue weighted by atomic mass is 16.2. The normalized spacial score (nSPS) is 23.0. The van der Waals surface area contributed by atoms with Gasteiger partial charge < -0.3 is 10.2 Å². The summed E-state index contributed by atoms with van der Waals surface area (Å²) in [4.78, 5) is 14.6. The molecule has 1 aromatic rings. The van der Waals surface area contributed by atoms with Crippen molar-refractivity contribution < 1.29 is 4.79 Å². The van der Waals surface area contributed by atoms with E-state index in [0.29, 0.717) is 5.92 Å². The van der Waals surface area contributed by atoms with E-state index in [2.05, 4.69) is 24.4 Å². The Hall–Kier alpha value is -1.35. The minimum atomic E-state index is 0.208. The highest BCUT2D eigenvalue weighted by molar-refractivity contribution is 5.94. The molecule has 2 heterocycles. The number of amides is 1. The second-order valence-corrected chi connectivity index (χ2v) is 5.91. The summed E-state index contributed by atoms with van der Waals surface area (Å²) in [6, 6.07) is 6.23. The first kappa shape index (κ1) is 12.7. The van der Waals surface area contributed by atoms with E-state index in [-0.39, 0.29) is 5.91 Å². The highest BCUT2D eigenvalue weighted by Gasteiger charge is 2.22. The summed E-state index contributed by atoms with van der Waals surface area (Å²) in [7, 11) is 0. The van der Waals surface area contributed by atoms with Gasteiger partial charge in [-0.2, -0.15) is 0 Å². The molecule has 0 spiro atoms. The molecule has 3 rings (SSSR count). The summed E-state index contributed by atoms with van der Waals surface area (Å²) in [5, 5.41) is 3.37. The van der Waals surface area contributed by atoms with Crippen LogP contribution in [-0.2, 0) is 13.0 Å². The predicted octanol–water partition coefficient (Wildman–Crippen LogP) is 2.20. The summed E-state index contributed by atoms with van der Waals surface area (Å²) >= 11 is 0. The van der Waals surface area contributed by atoms with Gasteiger partial charge in [0.1, 0.15) is 0 Å². The molecule has 1 saturated heterocycles. The molecular weight excluding hydrogens is 236 g/mol. The van der Waals surface area contributed by atoms with E-state index in [1.807, 2.05) is 11.0 Å². The molecule has 0 saturated carbocycles. The Balaban J connectivity index is 1.79. The van der Waals surface area contributed by atoms with Crippen LogP contribution < -0.4 is 5.32 Å². The Bertz CT molecular complexity index is 484. The standard InChI is InChI=1S/C16H22N2O/c1-12-3-2-8-18(11-12)16(19)14-5-4-13-6-7-17-10-15(13)9-14/h4-5,9,12,17H,2-3,6-8,10-11H2,1H3. The zero-order valence-electron chi connectivity index (χ0n) is 11.6. The number of nitrogens with zero attached hydrogens (tertiary/aromatic N) is 1. The van der Waals surface area contributed by atoms with Crippen molar-refractivity contribution in [2.24, 2.45) is 5.92 Å². The lowest BCUT2D eigenvalue weighted by Crippen LogP contribution is -2.39. The SMILES string of the molecule is CC1CCCN(C(=O)c2ccc3c(c2)CNCC3)C1. The molecular formula is C16H22N2O. The van der Waals surface area contributed by atoms with Crippen LogP contribution in [0.15, 0.2) is 18.2 Å². The molecule has 19 heavy (non-hydrogen) atoms. The monoisotopic (exact) mass is 258 g/mol. The Morgan fingerprint density at radius 3 is 3.11 bits per heavy atom. The molecule has 0 radical (unpaired) electrons. The van der Waals surface area contributed by atoms with Crippen LogP contribution in [0.5, 0.6) is 0 Å². The smallest absolute Gasteiger partial charge is 0.253 e. The third-order valence-corrected chi connectivity index (χ3v) is 4.28. The Labute approximate surface area is 115 Å². The van der Waals surface area contributed by atoms with Gasteiger partial charge in [-0.15, -0.1) is 0 Å². The summed E-state index contributed by atoms with van der Waals surface area (Å²) in [5.74, 6) is 0.844. The lowest BCUT2D eigenvalue weighted by Gasteiger charge is -2.31. The molecule has 1 amide bonds. The van der Waals surface area contributed by atoms with Crippen LogP contribution in [-0.4, -0.2) is 30.4 Å². The van der Waals surface area contributed by atoms with E-state index in [4.69, 9.17) is 0 Å². The van der Waals surface area contributed by atoms with Crippen molar-refractivity contribution in [3.05, 3.63) is 34.9 Å². The van der Waals surface area contributed by atoms with Crippen molar-refractivity contribution in [2.75, 3.05) is 19.6 Å². The van der Waals surface area contributed by atoms with Gasteiger partial charge in [-0.1, -0.05) is 13.0 Å². The number of rotatable bonds is 1. The topological polar surface area (TPSA) is 32.3 Å². The fraction of sp³-hybridized carbons (Fsp3) is 0.562. The summed E-state index contributed by atoms with van der Waals surface area (Å²) in [5.41, 5.74) is 3.54. The molecule has 1 atom stereocenters. The quantitative estimate of drug-likeness (QED) is 0.837. The number of nitrogens with one attached hydrogen (secondary N) is 1. The highest BCUT2D eigenvalue weighted by Crippen LogP contribution is 2.20. The number of hydrogen-bond acceptors (Lipinski definition) is 2. The lowest BCUT2D eigenvalue weighted by molar-refractivity contribution is 0.0683. The van der Waals surface area contributed by atoms with E-state index >= 15 is 0 Å². The number of carbonyl (C=O) groups is 1. The lowest BCUT2D eigenvalue weighted by atomic mass is 9.96. The van der Waals surface area contributed by atoms with Crippen molar-refractivity contribution >= 4 is 5.91 Å². The van der Waals surface area contributed by atoms with Gasteiger partial charge >= 0.3 is 0 Å². The molecule has 1 aromatic carbocycles. The largest absolute Gasteiger partial charge is 0.338 e. The van der Waals surface area contributed by atoms with E-state index in [9.17, 15) is 4.79 Å². The van der Waals surface area contributed by atoms with Crippen LogP contribution in [0.25, 0.3) is 0 Å². The molecule has 1 fully saturated rings. The van der Waals surface area contributed by atoms with Crippen molar-refractivity contribution in [2.45, 2.75) is 32.7 Å². The van der Waals surface area contributed by atoms with Gasteiger partial charge in [0.2, 0.25) is 0 Å². The molecule has 2 aliphatic rings. The van der Waals surface area contributed by atoms with Crippen molar-refractivity contribution in [1.82, 2.24) is 10.2 Å². The van der Waals surface area contributed by atoms with Crippen LogP contribution in [0.4, 0.5) is 0 Å². The number of benzene rings is 1. The molecule has 0 aliphatic carbocycles. The molecule has 1 N–H and O–H groups in total. The first-order valence-corrected chi connectivity index (χ1v) is 7.36. The van der Waals surface area contributed by atoms with Crippen LogP contribution in [0, 0.1) is 5.92 Å². The fourth-order valence-electron chi connectivity index (χ4n) is 3.17. The second-order valence-electron chi connectivity index (χ2n) is 5.91. The molecule has 3 nitrogen and oxygen atoms in total. The number of hydrogen-bond donors (Lipinski definition) is 1. The Morgan fingerprint density at radius 2 is 2.26 bits per heavy atom. The minimum absolute atomic E-state index is 0.208. The van der Waals surface area contributed by atoms with Gasteiger partial charge in [-0.05, 0) is 55.0 Å². The maximum atomic E-state index is 12.5. The third kappa shape index (κ3) is 2.66. The number of fused-ring (bicyclic) bond motifs is 1. The first-order valence-electron chi connectivity index (χ1n) is 7.36. The predicted molar refractivity (Wildman–Crippen MR) is 76.2 cm³/mol. The molecule has 1 unspecified atom stereocenters. The second kappa shape index (κ2) is 5.33. The maximum Gasteiger partial charge on any atom is 0.253 e. The third-order valence-electron chi connectivity index (χ3n) is 4.28. The average molecular weight is 258 g/mol. The minimum Gasteiger partial charge on any atom is -0.338 e. The van der Waals surface area contributed by atoms with Crippen LogP contribution in [0.2, 0.25) is 0 Å². The van der Waals surface area contributed by atoms with Gasteiger partial charge in [0.05, 0.1) is 0 Å². The number of likely N-dealkylation sites (tertiary alicyclic amines) is 1. The van der Waals surface area contributed by atoms with Gasteiger partial charge in [0, 0.05) is 25.2 Å². The molecule has 2 aliphatic heterocycles. The Kier molecular flexibility index (Phi) is 3.56. The van der Waals surface area contributed by atoms with E-state index in [0.717, 1.165) is 44.6 Å². The first-order chi connectivity index (χ1) is 9.24. The molecule has 102 valence electrons. The van der Waals surface area contributed by atoms with Crippen molar-refractivity contribution in [3.63, 3.8) is 0 Å². The average Bonchev–Trinajstić information content (AvgIpc) is 2.46. The molecule has 3 heteroatoms. The van der Waals surface area contributed by atoms with Crippen LogP contribution in [0.3, 0.4) is 0 Å². The number of carbonyl (C=O) groups excluding carboxylic acids is 1. The van der Waals surface area contributed by atoms with Crippen molar-refractivity contribution in [3.8, 4) is 0 Å². The van der Waals surface area contributed by atoms with Crippen molar-refractivity contribution in [1.29, 1.82) is 0 Å². The van der Waals surface area contributed by atoms with E-state index in [1.165, 1.54) is 17.5 Å². The van der Waals surface area contributed by atoms with Gasteiger partial charge in [0.25, 0.3) is 5.91 Å².